The van der Waals surface area contributed by atoms with E-state index in [1.54, 1.807) is 24.3 Å². The number of oxazole rings is 1. The van der Waals surface area contributed by atoms with Crippen molar-refractivity contribution in [2.24, 2.45) is 0 Å². The van der Waals surface area contributed by atoms with Gasteiger partial charge in [0.15, 0.2) is 0 Å². The number of aromatic nitrogens is 1. The van der Waals surface area contributed by atoms with Crippen molar-refractivity contribution in [2.75, 3.05) is 18.0 Å². The topological polar surface area (TPSA) is 63.4 Å². The van der Waals surface area contributed by atoms with Gasteiger partial charge in [0.05, 0.1) is 15.5 Å². The minimum absolute atomic E-state index is 0.0334. The third-order valence-electron chi connectivity index (χ3n) is 4.96. The Balaban J connectivity index is 1.86. The first-order valence-electron chi connectivity index (χ1n) is 9.48. The molecule has 0 unspecified atom stereocenters. The smallest absolute Gasteiger partial charge is 0.236 e. The minimum atomic E-state index is -4.00. The highest BCUT2D eigenvalue weighted by Gasteiger charge is 2.32. The predicted octanol–water partition coefficient (Wildman–Crippen LogP) is 5.35. The van der Waals surface area contributed by atoms with E-state index in [1.165, 1.54) is 12.1 Å². The second kappa shape index (κ2) is 8.16. The van der Waals surface area contributed by atoms with Crippen LogP contribution in [0.1, 0.15) is 25.7 Å². The van der Waals surface area contributed by atoms with Crippen LogP contribution in [0.2, 0.25) is 5.02 Å². The molecule has 0 saturated carbocycles. The summed E-state index contributed by atoms with van der Waals surface area (Å²) in [6.07, 6.45) is 4.06. The van der Waals surface area contributed by atoms with Crippen LogP contribution in [-0.2, 0) is 9.84 Å². The first kappa shape index (κ1) is 19.9. The largest absolute Gasteiger partial charge is 0.419 e. The molecule has 4 rings (SSSR count). The van der Waals surface area contributed by atoms with Crippen LogP contribution in [0.15, 0.2) is 62.9 Å². The van der Waals surface area contributed by atoms with E-state index in [1.807, 2.05) is 4.90 Å². The molecule has 1 fully saturated rings. The summed E-state index contributed by atoms with van der Waals surface area (Å²) in [5.41, 5.74) is 0.519. The summed E-state index contributed by atoms with van der Waals surface area (Å²) >= 11 is 6.28. The lowest BCUT2D eigenvalue weighted by Crippen LogP contribution is -2.25. The summed E-state index contributed by atoms with van der Waals surface area (Å²) in [6.45, 7) is 1.37. The Morgan fingerprint density at radius 1 is 0.966 bits per heavy atom. The SMILES string of the molecule is O=S(=O)(c1ccc(F)cc1)c1nc(-c2ccccc2Cl)oc1N1CCCCCC1. The number of rotatable bonds is 4. The van der Waals surface area contributed by atoms with E-state index in [-0.39, 0.29) is 21.7 Å². The Labute approximate surface area is 174 Å². The molecule has 0 atom stereocenters. The Bertz CT molecular complexity index is 1110. The van der Waals surface area contributed by atoms with Crippen LogP contribution < -0.4 is 4.90 Å². The van der Waals surface area contributed by atoms with E-state index in [0.717, 1.165) is 37.8 Å². The van der Waals surface area contributed by atoms with E-state index in [9.17, 15) is 12.8 Å². The molecule has 29 heavy (non-hydrogen) atoms. The summed E-state index contributed by atoms with van der Waals surface area (Å²) < 4.78 is 45.9. The van der Waals surface area contributed by atoms with Gasteiger partial charge in [-0.15, -0.1) is 0 Å². The van der Waals surface area contributed by atoms with E-state index >= 15 is 0 Å². The van der Waals surface area contributed by atoms with Gasteiger partial charge >= 0.3 is 0 Å². The first-order chi connectivity index (χ1) is 14.0. The molecular formula is C21H20ClFN2O3S. The number of benzene rings is 2. The summed E-state index contributed by atoms with van der Waals surface area (Å²) in [7, 11) is -4.00. The highest BCUT2D eigenvalue weighted by atomic mass is 35.5. The van der Waals surface area contributed by atoms with Gasteiger partial charge in [-0.2, -0.15) is 4.98 Å². The van der Waals surface area contributed by atoms with Crippen molar-refractivity contribution in [2.45, 2.75) is 35.6 Å². The lowest BCUT2D eigenvalue weighted by Gasteiger charge is -2.20. The van der Waals surface area contributed by atoms with E-state index in [4.69, 9.17) is 16.0 Å². The second-order valence-electron chi connectivity index (χ2n) is 6.97. The van der Waals surface area contributed by atoms with Crippen LogP contribution in [0.4, 0.5) is 10.3 Å². The molecule has 1 saturated heterocycles. The number of nitrogens with zero attached hydrogens (tertiary/aromatic N) is 2. The van der Waals surface area contributed by atoms with Crippen molar-refractivity contribution < 1.29 is 17.2 Å². The normalized spacial score (nSPS) is 15.3. The van der Waals surface area contributed by atoms with Crippen molar-refractivity contribution in [3.8, 4) is 11.5 Å². The van der Waals surface area contributed by atoms with Gasteiger partial charge in [0, 0.05) is 13.1 Å². The van der Waals surface area contributed by atoms with Crippen LogP contribution >= 0.6 is 11.6 Å². The van der Waals surface area contributed by atoms with Crippen LogP contribution in [0.5, 0.6) is 0 Å². The Morgan fingerprint density at radius 3 is 2.28 bits per heavy atom. The Hall–Kier alpha value is -2.38. The molecular weight excluding hydrogens is 415 g/mol. The third kappa shape index (κ3) is 4.02. The highest BCUT2D eigenvalue weighted by Crippen LogP contribution is 2.37. The monoisotopic (exact) mass is 434 g/mol. The maximum Gasteiger partial charge on any atom is 0.236 e. The summed E-state index contributed by atoms with van der Waals surface area (Å²) in [5.74, 6) is -0.143. The van der Waals surface area contributed by atoms with Crippen LogP contribution in [-0.4, -0.2) is 26.5 Å². The Kier molecular flexibility index (Phi) is 5.61. The number of hydrogen-bond acceptors (Lipinski definition) is 5. The zero-order valence-corrected chi connectivity index (χ0v) is 17.2. The maximum atomic E-state index is 13.3. The fourth-order valence-electron chi connectivity index (χ4n) is 3.42. The fourth-order valence-corrected chi connectivity index (χ4v) is 4.96. The average molecular weight is 435 g/mol. The molecule has 2 heterocycles. The third-order valence-corrected chi connectivity index (χ3v) is 6.95. The molecule has 1 aromatic heterocycles. The molecule has 0 amide bonds. The molecule has 2 aromatic carbocycles. The highest BCUT2D eigenvalue weighted by molar-refractivity contribution is 7.91. The minimum Gasteiger partial charge on any atom is -0.419 e. The molecule has 0 radical (unpaired) electrons. The quantitative estimate of drug-likeness (QED) is 0.518. The van der Waals surface area contributed by atoms with Crippen molar-refractivity contribution in [1.82, 2.24) is 4.98 Å². The van der Waals surface area contributed by atoms with Crippen LogP contribution in [0.3, 0.4) is 0 Å². The van der Waals surface area contributed by atoms with Crippen LogP contribution in [0.25, 0.3) is 11.5 Å². The van der Waals surface area contributed by atoms with Crippen molar-refractivity contribution >= 4 is 27.3 Å². The first-order valence-corrected chi connectivity index (χ1v) is 11.3. The molecule has 0 bridgehead atoms. The molecule has 8 heteroatoms. The molecule has 3 aromatic rings. The number of anilines is 1. The zero-order valence-electron chi connectivity index (χ0n) is 15.6. The summed E-state index contributed by atoms with van der Waals surface area (Å²) in [6, 6.07) is 11.7. The van der Waals surface area contributed by atoms with Gasteiger partial charge in [-0.25, -0.2) is 12.8 Å². The van der Waals surface area contributed by atoms with E-state index < -0.39 is 15.7 Å². The standard InChI is InChI=1S/C21H20ClFN2O3S/c22-18-8-4-3-7-17(18)19-24-20(21(28-19)25-13-5-1-2-6-14-25)29(26,27)16-11-9-15(23)10-12-16/h3-4,7-12H,1-2,5-6,13-14H2. The lowest BCUT2D eigenvalue weighted by molar-refractivity contribution is 0.543. The molecule has 1 aliphatic heterocycles. The van der Waals surface area contributed by atoms with Gasteiger partial charge in [-0.1, -0.05) is 36.6 Å². The van der Waals surface area contributed by atoms with Crippen molar-refractivity contribution in [3.63, 3.8) is 0 Å². The van der Waals surface area contributed by atoms with Crippen LogP contribution in [0, 0.1) is 5.82 Å². The molecule has 1 aliphatic rings. The molecule has 5 nitrogen and oxygen atoms in total. The number of hydrogen-bond donors (Lipinski definition) is 0. The summed E-state index contributed by atoms with van der Waals surface area (Å²) in [5, 5.41) is 0.253. The fraction of sp³-hybridized carbons (Fsp3) is 0.286. The Morgan fingerprint density at radius 2 is 1.62 bits per heavy atom. The van der Waals surface area contributed by atoms with Gasteiger partial charge in [-0.05, 0) is 49.2 Å². The van der Waals surface area contributed by atoms with Gasteiger partial charge in [0.25, 0.3) is 0 Å². The van der Waals surface area contributed by atoms with Gasteiger partial charge < -0.3 is 9.32 Å². The van der Waals surface area contributed by atoms with Crippen molar-refractivity contribution in [1.29, 1.82) is 0 Å². The van der Waals surface area contributed by atoms with E-state index in [2.05, 4.69) is 4.98 Å². The van der Waals surface area contributed by atoms with Crippen molar-refractivity contribution in [3.05, 3.63) is 59.4 Å². The predicted molar refractivity (Wildman–Crippen MR) is 109 cm³/mol. The van der Waals surface area contributed by atoms with Gasteiger partial charge in [0.2, 0.25) is 26.6 Å². The zero-order chi connectivity index (χ0) is 20.4. The average Bonchev–Trinajstić information content (AvgIpc) is 2.98. The molecule has 152 valence electrons. The lowest BCUT2D eigenvalue weighted by atomic mass is 10.2. The van der Waals surface area contributed by atoms with Gasteiger partial charge in [-0.3, -0.25) is 0 Å². The second-order valence-corrected chi connectivity index (χ2v) is 9.24. The number of sulfone groups is 1. The molecule has 0 aliphatic carbocycles. The maximum absolute atomic E-state index is 13.3. The van der Waals surface area contributed by atoms with Gasteiger partial charge in [0.1, 0.15) is 5.82 Å². The summed E-state index contributed by atoms with van der Waals surface area (Å²) in [4.78, 5) is 6.24. The molecule has 0 N–H and O–H groups in total. The van der Waals surface area contributed by atoms with E-state index in [0.29, 0.717) is 23.7 Å². The number of halogens is 2. The molecule has 0 spiro atoms.